The van der Waals surface area contributed by atoms with Gasteiger partial charge < -0.3 is 5.73 Å². The zero-order valence-corrected chi connectivity index (χ0v) is 11.5. The Morgan fingerprint density at radius 3 is 2.35 bits per heavy atom. The van der Waals surface area contributed by atoms with Crippen LogP contribution in [0.4, 0.5) is 5.69 Å². The van der Waals surface area contributed by atoms with Gasteiger partial charge in [-0.25, -0.2) is 0 Å². The molecule has 0 fully saturated rings. The highest BCUT2D eigenvalue weighted by molar-refractivity contribution is 7.99. The molecule has 0 amide bonds. The standard InChI is InChI=1S/C13H11Cl2NS/c1-8-3-2-4-12(13(8)16)17-11-6-9(14)5-10(15)7-11/h2-7H,16H2,1H3. The Labute approximate surface area is 115 Å². The predicted molar refractivity (Wildman–Crippen MR) is 76.2 cm³/mol. The summed E-state index contributed by atoms with van der Waals surface area (Å²) in [5.74, 6) is 0. The lowest BCUT2D eigenvalue weighted by atomic mass is 10.2. The van der Waals surface area contributed by atoms with Gasteiger partial charge >= 0.3 is 0 Å². The van der Waals surface area contributed by atoms with Crippen LogP contribution < -0.4 is 5.73 Å². The van der Waals surface area contributed by atoms with Crippen LogP contribution in [0.25, 0.3) is 0 Å². The van der Waals surface area contributed by atoms with Gasteiger partial charge in [-0.1, -0.05) is 47.1 Å². The van der Waals surface area contributed by atoms with Crippen molar-refractivity contribution in [3.05, 3.63) is 52.0 Å². The van der Waals surface area contributed by atoms with Crippen molar-refractivity contribution in [2.75, 3.05) is 5.73 Å². The Morgan fingerprint density at radius 2 is 1.71 bits per heavy atom. The van der Waals surface area contributed by atoms with Crippen LogP contribution >= 0.6 is 35.0 Å². The van der Waals surface area contributed by atoms with Gasteiger partial charge in [0.15, 0.2) is 0 Å². The summed E-state index contributed by atoms with van der Waals surface area (Å²) in [7, 11) is 0. The molecule has 0 aliphatic carbocycles. The molecule has 0 bridgehead atoms. The fraction of sp³-hybridized carbons (Fsp3) is 0.0769. The quantitative estimate of drug-likeness (QED) is 0.782. The molecule has 0 atom stereocenters. The van der Waals surface area contributed by atoms with Gasteiger partial charge in [0.05, 0.1) is 0 Å². The first-order chi connectivity index (χ1) is 8.06. The van der Waals surface area contributed by atoms with E-state index in [-0.39, 0.29) is 0 Å². The highest BCUT2D eigenvalue weighted by atomic mass is 35.5. The molecule has 0 spiro atoms. The van der Waals surface area contributed by atoms with Crippen LogP contribution in [0.2, 0.25) is 10.0 Å². The molecule has 0 heterocycles. The normalized spacial score (nSPS) is 10.5. The Morgan fingerprint density at radius 1 is 1.06 bits per heavy atom. The monoisotopic (exact) mass is 283 g/mol. The Kier molecular flexibility index (Phi) is 3.87. The molecule has 0 saturated carbocycles. The van der Waals surface area contributed by atoms with Crippen LogP contribution in [0.15, 0.2) is 46.2 Å². The first-order valence-corrected chi connectivity index (χ1v) is 6.62. The average Bonchev–Trinajstić information content (AvgIpc) is 2.23. The fourth-order valence-corrected chi connectivity index (χ4v) is 3.16. The van der Waals surface area contributed by atoms with E-state index in [1.165, 1.54) is 0 Å². The lowest BCUT2D eigenvalue weighted by Crippen LogP contribution is -1.91. The summed E-state index contributed by atoms with van der Waals surface area (Å²) in [5.41, 5.74) is 7.89. The fourth-order valence-electron chi connectivity index (χ4n) is 1.46. The number of nitrogen functional groups attached to an aromatic ring is 1. The molecule has 0 radical (unpaired) electrons. The van der Waals surface area contributed by atoms with E-state index < -0.39 is 0 Å². The highest BCUT2D eigenvalue weighted by Crippen LogP contribution is 2.35. The van der Waals surface area contributed by atoms with Crippen molar-refractivity contribution >= 4 is 40.7 Å². The first kappa shape index (κ1) is 12.6. The molecule has 0 aromatic heterocycles. The molecule has 4 heteroatoms. The van der Waals surface area contributed by atoms with Gasteiger partial charge in [0.25, 0.3) is 0 Å². The van der Waals surface area contributed by atoms with Crippen LogP contribution in [-0.4, -0.2) is 0 Å². The van der Waals surface area contributed by atoms with Gasteiger partial charge in [0, 0.05) is 25.5 Å². The zero-order chi connectivity index (χ0) is 12.4. The summed E-state index contributed by atoms with van der Waals surface area (Å²) < 4.78 is 0. The van der Waals surface area contributed by atoms with Gasteiger partial charge in [-0.3, -0.25) is 0 Å². The van der Waals surface area contributed by atoms with Crippen LogP contribution in [0.3, 0.4) is 0 Å². The van der Waals surface area contributed by atoms with Crippen LogP contribution in [0, 0.1) is 6.92 Å². The SMILES string of the molecule is Cc1cccc(Sc2cc(Cl)cc(Cl)c2)c1N. The van der Waals surface area contributed by atoms with Gasteiger partial charge in [0.1, 0.15) is 0 Å². The molecule has 1 nitrogen and oxygen atoms in total. The lowest BCUT2D eigenvalue weighted by molar-refractivity contribution is 1.35. The van der Waals surface area contributed by atoms with Crippen molar-refractivity contribution in [1.29, 1.82) is 0 Å². The molecule has 0 aliphatic rings. The summed E-state index contributed by atoms with van der Waals surface area (Å²) in [6, 6.07) is 11.4. The Bertz CT molecular complexity index is 535. The van der Waals surface area contributed by atoms with E-state index in [1.54, 1.807) is 17.8 Å². The molecule has 0 saturated heterocycles. The number of hydrogen-bond donors (Lipinski definition) is 1. The largest absolute Gasteiger partial charge is 0.398 e. The van der Waals surface area contributed by atoms with Crippen molar-refractivity contribution in [2.24, 2.45) is 0 Å². The smallest absolute Gasteiger partial charge is 0.0485 e. The zero-order valence-electron chi connectivity index (χ0n) is 9.21. The minimum absolute atomic E-state index is 0.631. The number of benzene rings is 2. The maximum absolute atomic E-state index is 6.02. The topological polar surface area (TPSA) is 26.0 Å². The summed E-state index contributed by atoms with van der Waals surface area (Å²) >= 11 is 13.5. The molecule has 88 valence electrons. The summed E-state index contributed by atoms with van der Waals surface area (Å²) in [6.45, 7) is 1.99. The highest BCUT2D eigenvalue weighted by Gasteiger charge is 2.05. The van der Waals surface area contributed by atoms with E-state index in [2.05, 4.69) is 0 Å². The number of hydrogen-bond acceptors (Lipinski definition) is 2. The molecule has 0 unspecified atom stereocenters. The number of rotatable bonds is 2. The molecule has 0 aliphatic heterocycles. The van der Waals surface area contributed by atoms with E-state index >= 15 is 0 Å². The maximum atomic E-state index is 6.02. The Hall–Kier alpha value is -0.830. The number of aryl methyl sites for hydroxylation is 1. The van der Waals surface area contributed by atoms with Crippen molar-refractivity contribution in [1.82, 2.24) is 0 Å². The number of anilines is 1. The summed E-state index contributed by atoms with van der Waals surface area (Å²) in [6.07, 6.45) is 0. The number of nitrogens with two attached hydrogens (primary N) is 1. The average molecular weight is 284 g/mol. The molecule has 2 N–H and O–H groups in total. The maximum Gasteiger partial charge on any atom is 0.0485 e. The molecule has 2 aromatic carbocycles. The van der Waals surface area contributed by atoms with Crippen molar-refractivity contribution in [2.45, 2.75) is 16.7 Å². The Balaban J connectivity index is 2.34. The molecular weight excluding hydrogens is 273 g/mol. The van der Waals surface area contributed by atoms with Crippen LogP contribution in [0.5, 0.6) is 0 Å². The molecule has 2 aromatic rings. The second kappa shape index (κ2) is 5.21. The van der Waals surface area contributed by atoms with E-state index in [1.807, 2.05) is 37.3 Å². The van der Waals surface area contributed by atoms with Crippen molar-refractivity contribution in [3.63, 3.8) is 0 Å². The van der Waals surface area contributed by atoms with Gasteiger partial charge in [-0.05, 0) is 36.8 Å². The van der Waals surface area contributed by atoms with E-state index in [4.69, 9.17) is 28.9 Å². The minimum atomic E-state index is 0.631. The van der Waals surface area contributed by atoms with Crippen LogP contribution in [-0.2, 0) is 0 Å². The third-order valence-corrected chi connectivity index (χ3v) is 3.83. The van der Waals surface area contributed by atoms with Gasteiger partial charge in [-0.2, -0.15) is 0 Å². The third-order valence-electron chi connectivity index (χ3n) is 2.35. The molecular formula is C13H11Cl2NS. The van der Waals surface area contributed by atoms with Crippen molar-refractivity contribution in [3.8, 4) is 0 Å². The summed E-state index contributed by atoms with van der Waals surface area (Å²) in [4.78, 5) is 2.00. The molecule has 17 heavy (non-hydrogen) atoms. The van der Waals surface area contributed by atoms with Gasteiger partial charge in [-0.15, -0.1) is 0 Å². The lowest BCUT2D eigenvalue weighted by Gasteiger charge is -2.08. The summed E-state index contributed by atoms with van der Waals surface area (Å²) in [5, 5.41) is 1.26. The van der Waals surface area contributed by atoms with Crippen molar-refractivity contribution < 1.29 is 0 Å². The van der Waals surface area contributed by atoms with E-state index in [9.17, 15) is 0 Å². The second-order valence-electron chi connectivity index (χ2n) is 3.69. The number of halogens is 2. The van der Waals surface area contributed by atoms with Crippen LogP contribution in [0.1, 0.15) is 5.56 Å². The van der Waals surface area contributed by atoms with E-state index in [0.29, 0.717) is 10.0 Å². The molecule has 2 rings (SSSR count). The van der Waals surface area contributed by atoms with Gasteiger partial charge in [0.2, 0.25) is 0 Å². The second-order valence-corrected chi connectivity index (χ2v) is 5.68. The first-order valence-electron chi connectivity index (χ1n) is 5.05. The predicted octanol–water partition coefficient (Wildman–Crippen LogP) is 5.04. The third kappa shape index (κ3) is 3.09. The van der Waals surface area contributed by atoms with E-state index in [0.717, 1.165) is 21.0 Å². The number of para-hydroxylation sites is 1. The minimum Gasteiger partial charge on any atom is -0.398 e.